The summed E-state index contributed by atoms with van der Waals surface area (Å²) in [5, 5.41) is 8.40. The zero-order chi connectivity index (χ0) is 6.97. The number of hydrogen-bond acceptors (Lipinski definition) is 2. The van der Waals surface area contributed by atoms with Crippen LogP contribution >= 0.6 is 0 Å². The highest BCUT2D eigenvalue weighted by Gasteiger charge is 2.24. The SMILES string of the molecule is C=C1CCC2CCC1N=N2. The fraction of sp³-hybridized carbons (Fsp3) is 0.750. The van der Waals surface area contributed by atoms with E-state index < -0.39 is 0 Å². The minimum absolute atomic E-state index is 0.374. The van der Waals surface area contributed by atoms with Gasteiger partial charge in [0.25, 0.3) is 0 Å². The maximum Gasteiger partial charge on any atom is 0.0916 e. The molecule has 2 heterocycles. The maximum atomic E-state index is 4.21. The van der Waals surface area contributed by atoms with Crippen molar-refractivity contribution in [2.24, 2.45) is 10.2 Å². The third-order valence-electron chi connectivity index (χ3n) is 2.41. The topological polar surface area (TPSA) is 24.7 Å². The molecule has 0 saturated heterocycles. The van der Waals surface area contributed by atoms with Crippen LogP contribution in [0.4, 0.5) is 0 Å². The molecular weight excluding hydrogens is 124 g/mol. The number of hydrogen-bond donors (Lipinski definition) is 0. The molecule has 3 aliphatic rings. The molecule has 2 atom stereocenters. The van der Waals surface area contributed by atoms with Crippen molar-refractivity contribution in [1.82, 2.24) is 0 Å². The second-order valence-corrected chi connectivity index (χ2v) is 3.17. The van der Waals surface area contributed by atoms with Crippen molar-refractivity contribution < 1.29 is 0 Å². The highest BCUT2D eigenvalue weighted by atomic mass is 15.2. The van der Waals surface area contributed by atoms with Gasteiger partial charge in [-0.2, -0.15) is 10.2 Å². The van der Waals surface area contributed by atoms with Crippen molar-refractivity contribution in [3.05, 3.63) is 12.2 Å². The van der Waals surface area contributed by atoms with Crippen LogP contribution in [-0.4, -0.2) is 12.1 Å². The fourth-order valence-electron chi connectivity index (χ4n) is 1.65. The van der Waals surface area contributed by atoms with Crippen LogP contribution < -0.4 is 0 Å². The number of fused-ring (bicyclic) bond motifs is 3. The summed E-state index contributed by atoms with van der Waals surface area (Å²) < 4.78 is 0. The van der Waals surface area contributed by atoms with Gasteiger partial charge in [0.2, 0.25) is 0 Å². The lowest BCUT2D eigenvalue weighted by Gasteiger charge is -2.14. The summed E-state index contributed by atoms with van der Waals surface area (Å²) >= 11 is 0. The van der Waals surface area contributed by atoms with E-state index in [1.165, 1.54) is 24.8 Å². The first kappa shape index (κ1) is 6.08. The molecule has 2 heteroatoms. The van der Waals surface area contributed by atoms with E-state index in [1.54, 1.807) is 0 Å². The third-order valence-corrected chi connectivity index (χ3v) is 2.41. The molecule has 0 aromatic carbocycles. The van der Waals surface area contributed by atoms with Gasteiger partial charge < -0.3 is 0 Å². The Morgan fingerprint density at radius 2 is 2.10 bits per heavy atom. The van der Waals surface area contributed by atoms with Crippen LogP contribution in [0, 0.1) is 0 Å². The van der Waals surface area contributed by atoms with Crippen molar-refractivity contribution in [3.8, 4) is 0 Å². The summed E-state index contributed by atoms with van der Waals surface area (Å²) in [6, 6.07) is 0.897. The van der Waals surface area contributed by atoms with E-state index in [1.807, 2.05) is 0 Å². The van der Waals surface area contributed by atoms with Gasteiger partial charge in [-0.25, -0.2) is 0 Å². The lowest BCUT2D eigenvalue weighted by molar-refractivity contribution is 0.487. The molecule has 0 aromatic rings. The van der Waals surface area contributed by atoms with Crippen molar-refractivity contribution in [2.75, 3.05) is 0 Å². The van der Waals surface area contributed by atoms with E-state index in [2.05, 4.69) is 16.8 Å². The number of nitrogens with zero attached hydrogens (tertiary/aromatic N) is 2. The number of azo groups is 1. The van der Waals surface area contributed by atoms with Crippen LogP contribution in [0.2, 0.25) is 0 Å². The van der Waals surface area contributed by atoms with Gasteiger partial charge in [-0.1, -0.05) is 12.2 Å². The highest BCUT2D eigenvalue weighted by Crippen LogP contribution is 2.30. The maximum absolute atomic E-state index is 4.21. The molecular formula is C8H12N2. The van der Waals surface area contributed by atoms with Gasteiger partial charge in [-0.15, -0.1) is 0 Å². The normalized spacial score (nSPS) is 38.2. The molecule has 2 bridgehead atoms. The molecule has 1 saturated carbocycles. The minimum Gasteiger partial charge on any atom is -0.190 e. The Hall–Kier alpha value is -0.660. The molecule has 54 valence electrons. The second-order valence-electron chi connectivity index (χ2n) is 3.17. The van der Waals surface area contributed by atoms with Gasteiger partial charge in [0.05, 0.1) is 12.1 Å². The summed E-state index contributed by atoms with van der Waals surface area (Å²) in [5.41, 5.74) is 1.30. The third kappa shape index (κ3) is 0.877. The predicted octanol–water partition coefficient (Wildman–Crippen LogP) is 2.32. The van der Waals surface area contributed by atoms with Crippen LogP contribution in [-0.2, 0) is 0 Å². The Labute approximate surface area is 61.0 Å². The van der Waals surface area contributed by atoms with Gasteiger partial charge in [-0.05, 0) is 25.7 Å². The summed E-state index contributed by atoms with van der Waals surface area (Å²) in [7, 11) is 0. The van der Waals surface area contributed by atoms with Gasteiger partial charge in [0.15, 0.2) is 0 Å². The zero-order valence-corrected chi connectivity index (χ0v) is 6.08. The molecule has 0 radical (unpaired) electrons. The van der Waals surface area contributed by atoms with Gasteiger partial charge in [0.1, 0.15) is 0 Å². The molecule has 0 N–H and O–H groups in total. The number of rotatable bonds is 0. The Kier molecular flexibility index (Phi) is 1.33. The molecule has 0 spiro atoms. The quantitative estimate of drug-likeness (QED) is 0.456. The average molecular weight is 136 g/mol. The summed E-state index contributed by atoms with van der Waals surface area (Å²) in [4.78, 5) is 0. The van der Waals surface area contributed by atoms with Crippen LogP contribution in [0.5, 0.6) is 0 Å². The summed E-state index contributed by atoms with van der Waals surface area (Å²) in [6.07, 6.45) is 4.74. The standard InChI is InChI=1S/C8H12N2/c1-6-2-3-7-4-5-8(6)10-9-7/h7-8H,1-5H2. The van der Waals surface area contributed by atoms with Gasteiger partial charge >= 0.3 is 0 Å². The van der Waals surface area contributed by atoms with Gasteiger partial charge in [-0.3, -0.25) is 0 Å². The highest BCUT2D eigenvalue weighted by molar-refractivity contribution is 5.09. The van der Waals surface area contributed by atoms with Gasteiger partial charge in [0, 0.05) is 0 Å². The summed E-state index contributed by atoms with van der Waals surface area (Å²) in [6.45, 7) is 4.00. The van der Waals surface area contributed by atoms with Crippen LogP contribution in [0.15, 0.2) is 22.4 Å². The monoisotopic (exact) mass is 136 g/mol. The minimum atomic E-state index is 0.374. The van der Waals surface area contributed by atoms with Crippen molar-refractivity contribution >= 4 is 0 Å². The van der Waals surface area contributed by atoms with E-state index >= 15 is 0 Å². The van der Waals surface area contributed by atoms with Crippen LogP contribution in [0.1, 0.15) is 25.7 Å². The van der Waals surface area contributed by atoms with Crippen molar-refractivity contribution in [2.45, 2.75) is 37.8 Å². The largest absolute Gasteiger partial charge is 0.190 e. The molecule has 10 heavy (non-hydrogen) atoms. The second kappa shape index (κ2) is 2.19. The van der Waals surface area contributed by atoms with E-state index in [-0.39, 0.29) is 0 Å². The fourth-order valence-corrected chi connectivity index (χ4v) is 1.65. The Morgan fingerprint density at radius 1 is 1.20 bits per heavy atom. The van der Waals surface area contributed by atoms with Crippen molar-refractivity contribution in [1.29, 1.82) is 0 Å². The van der Waals surface area contributed by atoms with Crippen LogP contribution in [0.25, 0.3) is 0 Å². The summed E-state index contributed by atoms with van der Waals surface area (Å²) in [5.74, 6) is 0. The first-order valence-corrected chi connectivity index (χ1v) is 3.94. The Bertz CT molecular complexity index is 184. The van der Waals surface area contributed by atoms with Crippen LogP contribution in [0.3, 0.4) is 0 Å². The lowest BCUT2D eigenvalue weighted by Crippen LogP contribution is -2.11. The Balaban J connectivity index is 2.25. The van der Waals surface area contributed by atoms with E-state index in [9.17, 15) is 0 Å². The molecule has 1 aliphatic carbocycles. The molecule has 2 nitrogen and oxygen atoms in total. The molecule has 2 aliphatic heterocycles. The van der Waals surface area contributed by atoms with E-state index in [4.69, 9.17) is 0 Å². The van der Waals surface area contributed by atoms with Crippen molar-refractivity contribution in [3.63, 3.8) is 0 Å². The molecule has 1 fully saturated rings. The lowest BCUT2D eigenvalue weighted by atomic mass is 10.1. The van der Waals surface area contributed by atoms with E-state index in [0.29, 0.717) is 12.1 Å². The smallest absolute Gasteiger partial charge is 0.0916 e. The Morgan fingerprint density at radius 3 is 2.80 bits per heavy atom. The predicted molar refractivity (Wildman–Crippen MR) is 40.0 cm³/mol. The first-order chi connectivity index (χ1) is 4.86. The average Bonchev–Trinajstić information content (AvgIpc) is 2.24. The van der Waals surface area contributed by atoms with E-state index in [0.717, 1.165) is 6.42 Å². The molecule has 0 aromatic heterocycles. The molecule has 3 rings (SSSR count). The first-order valence-electron chi connectivity index (χ1n) is 3.94. The molecule has 0 amide bonds. The molecule has 2 unspecified atom stereocenters. The zero-order valence-electron chi connectivity index (χ0n) is 6.08.